The number of nitrogens with one attached hydrogen (secondary N) is 1. The fourth-order valence-electron chi connectivity index (χ4n) is 3.11. The first-order chi connectivity index (χ1) is 10.0. The van der Waals surface area contributed by atoms with E-state index in [0.717, 1.165) is 50.2 Å². The van der Waals surface area contributed by atoms with Gasteiger partial charge in [-0.2, -0.15) is 0 Å². The van der Waals surface area contributed by atoms with Crippen LogP contribution in [0, 0.1) is 13.8 Å². The number of aromatic carboxylic acids is 1. The Balaban J connectivity index is 2.45. The van der Waals surface area contributed by atoms with E-state index >= 15 is 0 Å². The van der Waals surface area contributed by atoms with Gasteiger partial charge < -0.3 is 15.3 Å². The molecule has 0 aliphatic carbocycles. The second-order valence-corrected chi connectivity index (χ2v) is 5.76. The van der Waals surface area contributed by atoms with Crippen molar-refractivity contribution in [3.05, 3.63) is 22.9 Å². The zero-order chi connectivity index (χ0) is 15.4. The van der Waals surface area contributed by atoms with Gasteiger partial charge in [-0.1, -0.05) is 6.92 Å². The lowest BCUT2D eigenvalue weighted by Crippen LogP contribution is -2.44. The Bertz CT molecular complexity index is 510. The summed E-state index contributed by atoms with van der Waals surface area (Å²) in [6, 6.07) is 2.22. The molecule has 0 bridgehead atoms. The molecule has 1 fully saturated rings. The van der Waals surface area contributed by atoms with Gasteiger partial charge in [-0.25, -0.2) is 9.78 Å². The lowest BCUT2D eigenvalue weighted by molar-refractivity contribution is 0.0696. The summed E-state index contributed by atoms with van der Waals surface area (Å²) in [6.45, 7) is 8.72. The Labute approximate surface area is 126 Å². The predicted octanol–water partition coefficient (Wildman–Crippen LogP) is 2.37. The average Bonchev–Trinajstić information content (AvgIpc) is 2.44. The number of carboxylic acids is 1. The van der Waals surface area contributed by atoms with E-state index in [1.165, 1.54) is 0 Å². The van der Waals surface area contributed by atoms with Crippen molar-refractivity contribution < 1.29 is 9.90 Å². The van der Waals surface area contributed by atoms with E-state index in [-0.39, 0.29) is 0 Å². The summed E-state index contributed by atoms with van der Waals surface area (Å²) >= 11 is 0. The van der Waals surface area contributed by atoms with Crippen LogP contribution in [0.3, 0.4) is 0 Å². The van der Waals surface area contributed by atoms with Crippen molar-refractivity contribution in [2.24, 2.45) is 0 Å². The Hall–Kier alpha value is -1.62. The van der Waals surface area contributed by atoms with Crippen molar-refractivity contribution in [1.29, 1.82) is 0 Å². The highest BCUT2D eigenvalue weighted by atomic mass is 16.4. The maximum Gasteiger partial charge on any atom is 0.339 e. The summed E-state index contributed by atoms with van der Waals surface area (Å²) in [5.41, 5.74) is 2.02. The lowest BCUT2D eigenvalue weighted by atomic mass is 10.0. The van der Waals surface area contributed by atoms with Crippen molar-refractivity contribution >= 4 is 11.8 Å². The molecular weight excluding hydrogens is 266 g/mol. The van der Waals surface area contributed by atoms with Gasteiger partial charge in [0.1, 0.15) is 11.4 Å². The highest BCUT2D eigenvalue weighted by molar-refractivity contribution is 5.95. The molecule has 2 heterocycles. The third-order valence-corrected chi connectivity index (χ3v) is 4.03. The van der Waals surface area contributed by atoms with Crippen LogP contribution >= 0.6 is 0 Å². The van der Waals surface area contributed by atoms with Crippen molar-refractivity contribution in [3.8, 4) is 0 Å². The Morgan fingerprint density at radius 1 is 1.43 bits per heavy atom. The van der Waals surface area contributed by atoms with E-state index in [9.17, 15) is 9.90 Å². The van der Waals surface area contributed by atoms with E-state index in [0.29, 0.717) is 17.4 Å². The van der Waals surface area contributed by atoms with E-state index in [1.54, 1.807) is 0 Å². The molecule has 1 aliphatic rings. The first-order valence-electron chi connectivity index (χ1n) is 7.73. The van der Waals surface area contributed by atoms with Gasteiger partial charge in [0.15, 0.2) is 0 Å². The Kier molecular flexibility index (Phi) is 5.17. The summed E-state index contributed by atoms with van der Waals surface area (Å²) < 4.78 is 0. The number of pyridine rings is 1. The Morgan fingerprint density at radius 3 is 2.67 bits per heavy atom. The summed E-state index contributed by atoms with van der Waals surface area (Å²) in [4.78, 5) is 18.5. The number of carboxylic acid groups (broad SMARTS) is 1. The van der Waals surface area contributed by atoms with Crippen LogP contribution in [0.5, 0.6) is 0 Å². The number of piperidine rings is 1. The number of aromatic nitrogens is 1. The second-order valence-electron chi connectivity index (χ2n) is 5.76. The van der Waals surface area contributed by atoms with Crippen LogP contribution < -0.4 is 10.2 Å². The molecule has 0 aromatic carbocycles. The number of anilines is 1. The quantitative estimate of drug-likeness (QED) is 0.872. The van der Waals surface area contributed by atoms with Crippen LogP contribution in [-0.2, 0) is 0 Å². The van der Waals surface area contributed by atoms with E-state index in [2.05, 4.69) is 22.1 Å². The van der Waals surface area contributed by atoms with Crippen LogP contribution in [-0.4, -0.2) is 41.7 Å². The van der Waals surface area contributed by atoms with Gasteiger partial charge in [0.25, 0.3) is 0 Å². The van der Waals surface area contributed by atoms with E-state index in [4.69, 9.17) is 0 Å². The molecule has 0 radical (unpaired) electrons. The largest absolute Gasteiger partial charge is 0.478 e. The summed E-state index contributed by atoms with van der Waals surface area (Å²) in [6.07, 6.45) is 3.05. The first kappa shape index (κ1) is 15.8. The maximum atomic E-state index is 11.7. The molecule has 116 valence electrons. The summed E-state index contributed by atoms with van der Waals surface area (Å²) in [5, 5.41) is 12.9. The Morgan fingerprint density at radius 2 is 2.10 bits per heavy atom. The van der Waals surface area contributed by atoms with Gasteiger partial charge in [0.2, 0.25) is 0 Å². The number of nitrogens with zero attached hydrogens (tertiary/aromatic N) is 2. The average molecular weight is 291 g/mol. The number of carbonyl (C=O) groups is 1. The predicted molar refractivity (Wildman–Crippen MR) is 84.2 cm³/mol. The highest BCUT2D eigenvalue weighted by Gasteiger charge is 2.27. The summed E-state index contributed by atoms with van der Waals surface area (Å²) in [7, 11) is 0. The minimum Gasteiger partial charge on any atom is -0.478 e. The fourth-order valence-corrected chi connectivity index (χ4v) is 3.11. The van der Waals surface area contributed by atoms with Crippen molar-refractivity contribution in [3.63, 3.8) is 0 Å². The first-order valence-corrected chi connectivity index (χ1v) is 7.73. The van der Waals surface area contributed by atoms with Crippen LogP contribution in [0.4, 0.5) is 5.82 Å². The molecule has 0 atom stereocenters. The van der Waals surface area contributed by atoms with Gasteiger partial charge >= 0.3 is 5.97 Å². The van der Waals surface area contributed by atoms with Gasteiger partial charge in [0.05, 0.1) is 0 Å². The van der Waals surface area contributed by atoms with Gasteiger partial charge in [0, 0.05) is 18.3 Å². The molecule has 0 amide bonds. The lowest BCUT2D eigenvalue weighted by Gasteiger charge is -2.36. The smallest absolute Gasteiger partial charge is 0.339 e. The third-order valence-electron chi connectivity index (χ3n) is 4.03. The molecule has 1 aromatic heterocycles. The monoisotopic (exact) mass is 291 g/mol. The zero-order valence-electron chi connectivity index (χ0n) is 13.1. The standard InChI is InChI=1S/C16H25N3O2/c1-4-9-19(13-5-7-17-8-6-13)15-14(16(20)21)11(2)10-12(3)18-15/h10,13,17H,4-9H2,1-3H3,(H,20,21). The zero-order valence-corrected chi connectivity index (χ0v) is 13.1. The van der Waals surface area contributed by atoms with E-state index < -0.39 is 5.97 Å². The summed E-state index contributed by atoms with van der Waals surface area (Å²) in [5.74, 6) is -0.237. The van der Waals surface area contributed by atoms with Crippen LogP contribution in [0.1, 0.15) is 47.8 Å². The third kappa shape index (κ3) is 3.53. The molecule has 2 rings (SSSR count). The highest BCUT2D eigenvalue weighted by Crippen LogP contribution is 2.27. The van der Waals surface area contributed by atoms with Crippen molar-refractivity contribution in [2.75, 3.05) is 24.5 Å². The molecular formula is C16H25N3O2. The number of hydrogen-bond acceptors (Lipinski definition) is 4. The van der Waals surface area contributed by atoms with Crippen LogP contribution in [0.15, 0.2) is 6.07 Å². The van der Waals surface area contributed by atoms with Crippen LogP contribution in [0.2, 0.25) is 0 Å². The fraction of sp³-hybridized carbons (Fsp3) is 0.625. The molecule has 5 heteroatoms. The van der Waals surface area contributed by atoms with Gasteiger partial charge in [-0.3, -0.25) is 0 Å². The molecule has 0 saturated carbocycles. The van der Waals surface area contributed by atoms with Crippen molar-refractivity contribution in [1.82, 2.24) is 10.3 Å². The molecule has 1 aromatic rings. The number of hydrogen-bond donors (Lipinski definition) is 2. The molecule has 21 heavy (non-hydrogen) atoms. The molecule has 0 spiro atoms. The molecule has 1 saturated heterocycles. The van der Waals surface area contributed by atoms with Crippen molar-refractivity contribution in [2.45, 2.75) is 46.1 Å². The molecule has 5 nitrogen and oxygen atoms in total. The number of aryl methyl sites for hydroxylation is 2. The minimum atomic E-state index is -0.884. The SMILES string of the molecule is CCCN(c1nc(C)cc(C)c1C(=O)O)C1CCNCC1. The minimum absolute atomic E-state index is 0.354. The molecule has 0 unspecified atom stereocenters. The normalized spacial score (nSPS) is 16.0. The van der Waals surface area contributed by atoms with Crippen LogP contribution in [0.25, 0.3) is 0 Å². The van der Waals surface area contributed by atoms with Gasteiger partial charge in [-0.05, 0) is 57.8 Å². The maximum absolute atomic E-state index is 11.7. The topological polar surface area (TPSA) is 65.5 Å². The van der Waals surface area contributed by atoms with Gasteiger partial charge in [-0.15, -0.1) is 0 Å². The molecule has 2 N–H and O–H groups in total. The number of rotatable bonds is 5. The molecule has 1 aliphatic heterocycles. The second kappa shape index (κ2) is 6.89. The van der Waals surface area contributed by atoms with E-state index in [1.807, 2.05) is 19.9 Å².